The van der Waals surface area contributed by atoms with E-state index in [9.17, 15) is 0 Å². The van der Waals surface area contributed by atoms with Crippen LogP contribution in [0.5, 0.6) is 0 Å². The maximum atomic E-state index is 5.37. The number of unbranched alkanes of at least 4 members (excludes halogenated alkanes) is 2. The summed E-state index contributed by atoms with van der Waals surface area (Å²) in [6.07, 6.45) is 4.74. The van der Waals surface area contributed by atoms with E-state index in [1.54, 1.807) is 21.3 Å². The Morgan fingerprint density at radius 2 is 1.62 bits per heavy atom. The molecule has 6 heteroatoms. The highest BCUT2D eigenvalue weighted by Crippen LogP contribution is 2.22. The number of alkyl halides is 1. The monoisotopic (exact) mass is 330 g/mol. The van der Waals surface area contributed by atoms with Gasteiger partial charge in [0.25, 0.3) is 0 Å². The molecule has 1 atom stereocenters. The van der Waals surface area contributed by atoms with E-state index in [2.05, 4.69) is 28.6 Å². The first-order valence-corrected chi connectivity index (χ1v) is 9.10. The van der Waals surface area contributed by atoms with E-state index in [1.165, 1.54) is 19.3 Å². The molecule has 0 aromatic carbocycles. The van der Waals surface area contributed by atoms with E-state index in [0.717, 1.165) is 17.8 Å². The first-order chi connectivity index (χ1) is 7.64. The predicted molar refractivity (Wildman–Crippen MR) is 76.6 cm³/mol. The maximum Gasteiger partial charge on any atom is 0.501 e. The van der Waals surface area contributed by atoms with E-state index >= 15 is 0 Å². The smallest absolute Gasteiger partial charge is 0.377 e. The van der Waals surface area contributed by atoms with E-state index in [-0.39, 0.29) is 0 Å². The average Bonchev–Trinajstić information content (AvgIpc) is 2.32. The van der Waals surface area contributed by atoms with Gasteiger partial charge in [-0.1, -0.05) is 28.8 Å². The molecule has 0 spiro atoms. The molecule has 0 rings (SSSR count). The van der Waals surface area contributed by atoms with Crippen LogP contribution in [0.4, 0.5) is 0 Å². The Morgan fingerprint density at radius 3 is 2.06 bits per heavy atom. The molecule has 0 aromatic rings. The number of halogens is 1. The quantitative estimate of drug-likeness (QED) is 0.288. The molecule has 0 amide bonds. The van der Waals surface area contributed by atoms with Gasteiger partial charge in [-0.2, -0.15) is 12.6 Å². The highest BCUT2D eigenvalue weighted by Gasteiger charge is 2.39. The summed E-state index contributed by atoms with van der Waals surface area (Å²) in [6.45, 7) is 0. The normalized spacial score (nSPS) is 14.1. The molecule has 0 saturated carbocycles. The molecule has 0 aliphatic carbocycles. The molecule has 0 aliphatic heterocycles. The first kappa shape index (κ1) is 16.9. The Balaban J connectivity index is 3.86. The second-order valence-corrected chi connectivity index (χ2v) is 8.21. The van der Waals surface area contributed by atoms with Crippen molar-refractivity contribution in [1.82, 2.24) is 0 Å². The third-order valence-electron chi connectivity index (χ3n) is 2.59. The van der Waals surface area contributed by atoms with E-state index in [0.29, 0.717) is 5.25 Å². The van der Waals surface area contributed by atoms with Crippen LogP contribution in [0.1, 0.15) is 25.7 Å². The van der Waals surface area contributed by atoms with Crippen LogP contribution in [0.15, 0.2) is 0 Å². The van der Waals surface area contributed by atoms with Gasteiger partial charge < -0.3 is 13.3 Å². The molecule has 0 saturated heterocycles. The standard InChI is InChI=1S/C10H23BrO3SSi/c1-12-16(13-2,14-3)9-10(15)7-5-4-6-8-11/h10,15H,4-9H2,1-3H3. The summed E-state index contributed by atoms with van der Waals surface area (Å²) in [4.78, 5) is 0. The summed E-state index contributed by atoms with van der Waals surface area (Å²) in [5.74, 6) is 0. The third-order valence-corrected chi connectivity index (χ3v) is 6.79. The SMILES string of the molecule is CO[Si](CC(S)CCCCCBr)(OC)OC. The number of rotatable bonds is 10. The van der Waals surface area contributed by atoms with E-state index in [4.69, 9.17) is 13.3 Å². The van der Waals surface area contributed by atoms with Gasteiger partial charge in [-0.15, -0.1) is 0 Å². The predicted octanol–water partition coefficient (Wildman–Crippen LogP) is 3.12. The number of thiol groups is 1. The van der Waals surface area contributed by atoms with Crippen molar-refractivity contribution in [3.8, 4) is 0 Å². The Labute approximate surface area is 114 Å². The van der Waals surface area contributed by atoms with Crippen molar-refractivity contribution in [3.63, 3.8) is 0 Å². The lowest BCUT2D eigenvalue weighted by molar-refractivity contribution is 0.123. The fraction of sp³-hybridized carbons (Fsp3) is 1.00. The summed E-state index contributed by atoms with van der Waals surface area (Å²) in [7, 11) is 2.50. The van der Waals surface area contributed by atoms with Crippen molar-refractivity contribution in [3.05, 3.63) is 0 Å². The van der Waals surface area contributed by atoms with Crippen molar-refractivity contribution in [2.45, 2.75) is 37.0 Å². The van der Waals surface area contributed by atoms with Crippen LogP contribution in [0, 0.1) is 0 Å². The first-order valence-electron chi connectivity index (χ1n) is 5.53. The van der Waals surface area contributed by atoms with Gasteiger partial charge in [0.15, 0.2) is 0 Å². The van der Waals surface area contributed by atoms with E-state index < -0.39 is 8.80 Å². The van der Waals surface area contributed by atoms with Gasteiger partial charge in [-0.3, -0.25) is 0 Å². The van der Waals surface area contributed by atoms with Gasteiger partial charge in [-0.05, 0) is 12.8 Å². The molecule has 0 heterocycles. The van der Waals surface area contributed by atoms with Crippen LogP contribution >= 0.6 is 28.6 Å². The number of hydrogen-bond acceptors (Lipinski definition) is 4. The lowest BCUT2D eigenvalue weighted by Crippen LogP contribution is -2.44. The fourth-order valence-corrected chi connectivity index (χ4v) is 4.57. The number of hydrogen-bond donors (Lipinski definition) is 1. The Hall–Kier alpha value is 0.927. The zero-order valence-corrected chi connectivity index (χ0v) is 13.9. The highest BCUT2D eigenvalue weighted by atomic mass is 79.9. The Morgan fingerprint density at radius 1 is 1.06 bits per heavy atom. The van der Waals surface area contributed by atoms with Crippen molar-refractivity contribution in [1.29, 1.82) is 0 Å². The minimum absolute atomic E-state index is 0.293. The molecule has 3 nitrogen and oxygen atoms in total. The Kier molecular flexibility index (Phi) is 10.5. The van der Waals surface area contributed by atoms with Crippen LogP contribution < -0.4 is 0 Å². The molecule has 16 heavy (non-hydrogen) atoms. The van der Waals surface area contributed by atoms with E-state index in [1.807, 2.05) is 0 Å². The van der Waals surface area contributed by atoms with Crippen LogP contribution in [0.25, 0.3) is 0 Å². The summed E-state index contributed by atoms with van der Waals surface area (Å²) in [5.41, 5.74) is 0. The van der Waals surface area contributed by atoms with Crippen LogP contribution in [0.2, 0.25) is 6.04 Å². The fourth-order valence-electron chi connectivity index (χ4n) is 1.54. The lowest BCUT2D eigenvalue weighted by atomic mass is 10.2. The molecule has 0 aliphatic rings. The third kappa shape index (κ3) is 6.61. The van der Waals surface area contributed by atoms with Gasteiger partial charge in [-0.25, -0.2) is 0 Å². The van der Waals surface area contributed by atoms with Crippen molar-refractivity contribution in [2.75, 3.05) is 26.7 Å². The molecule has 1 unspecified atom stereocenters. The Bertz CT molecular complexity index is 162. The van der Waals surface area contributed by atoms with Crippen LogP contribution in [0.3, 0.4) is 0 Å². The summed E-state index contributed by atoms with van der Waals surface area (Å²) >= 11 is 8.00. The second kappa shape index (κ2) is 9.91. The summed E-state index contributed by atoms with van der Waals surface area (Å²) < 4.78 is 16.1. The lowest BCUT2D eigenvalue weighted by Gasteiger charge is -2.26. The molecule has 0 aromatic heterocycles. The molecular formula is C10H23BrO3SSi. The molecule has 0 fully saturated rings. The largest absolute Gasteiger partial charge is 0.501 e. The molecule has 0 bridgehead atoms. The zero-order chi connectivity index (χ0) is 12.4. The van der Waals surface area contributed by atoms with Gasteiger partial charge in [0.2, 0.25) is 0 Å². The van der Waals surface area contributed by atoms with Gasteiger partial charge >= 0.3 is 8.80 Å². The van der Waals surface area contributed by atoms with Crippen LogP contribution in [-0.4, -0.2) is 40.7 Å². The molecular weight excluding hydrogens is 308 g/mol. The zero-order valence-electron chi connectivity index (χ0n) is 10.4. The molecule has 0 N–H and O–H groups in total. The van der Waals surface area contributed by atoms with Gasteiger partial charge in [0.1, 0.15) is 0 Å². The highest BCUT2D eigenvalue weighted by molar-refractivity contribution is 9.09. The van der Waals surface area contributed by atoms with Gasteiger partial charge in [0.05, 0.1) is 0 Å². The minimum Gasteiger partial charge on any atom is -0.377 e. The topological polar surface area (TPSA) is 27.7 Å². The van der Waals surface area contributed by atoms with Crippen molar-refractivity contribution in [2.24, 2.45) is 0 Å². The maximum absolute atomic E-state index is 5.37. The average molecular weight is 331 g/mol. The van der Waals surface area contributed by atoms with Crippen molar-refractivity contribution < 1.29 is 13.3 Å². The second-order valence-electron chi connectivity index (χ2n) is 3.69. The minimum atomic E-state index is -2.43. The molecule has 0 radical (unpaired) electrons. The van der Waals surface area contributed by atoms with Crippen LogP contribution in [-0.2, 0) is 13.3 Å². The summed E-state index contributed by atoms with van der Waals surface area (Å²) in [6, 6.07) is 0.772. The van der Waals surface area contributed by atoms with Crippen molar-refractivity contribution >= 4 is 37.4 Å². The summed E-state index contributed by atoms with van der Waals surface area (Å²) in [5, 5.41) is 1.37. The molecule has 98 valence electrons. The van der Waals surface area contributed by atoms with Gasteiger partial charge in [0, 0.05) is 38.0 Å².